The third-order valence-corrected chi connectivity index (χ3v) is 3.92. The minimum Gasteiger partial charge on any atom is -0.481 e. The maximum atomic E-state index is 12.1. The highest BCUT2D eigenvalue weighted by molar-refractivity contribution is 6.31. The van der Waals surface area contributed by atoms with Gasteiger partial charge in [-0.05, 0) is 31.2 Å². The Labute approximate surface area is 142 Å². The molecule has 3 rings (SSSR count). The molecule has 0 saturated heterocycles. The van der Waals surface area contributed by atoms with Crippen LogP contribution < -0.4 is 4.74 Å². The lowest BCUT2D eigenvalue weighted by atomic mass is 10.1. The number of hydrogen-bond donors (Lipinski definition) is 0. The Morgan fingerprint density at radius 2 is 1.67 bits per heavy atom. The molecule has 0 fully saturated rings. The van der Waals surface area contributed by atoms with Gasteiger partial charge in [0.1, 0.15) is 5.75 Å². The van der Waals surface area contributed by atoms with Crippen LogP contribution in [0.1, 0.15) is 26.3 Å². The highest BCUT2D eigenvalue weighted by atomic mass is 35.5. The first-order chi connectivity index (χ1) is 11.5. The molecule has 1 heterocycles. The lowest BCUT2D eigenvalue weighted by Crippen LogP contribution is -2.34. The summed E-state index contributed by atoms with van der Waals surface area (Å²) in [5, 5.41) is 0.947. The predicted molar refractivity (Wildman–Crippen MR) is 84.7 cm³/mol. The van der Waals surface area contributed by atoms with Gasteiger partial charge in [-0.25, -0.2) is 4.79 Å². The van der Waals surface area contributed by atoms with Crippen molar-refractivity contribution in [1.29, 1.82) is 0 Å². The lowest BCUT2D eigenvalue weighted by molar-refractivity contribution is -0.170. The molecule has 0 radical (unpaired) electrons. The van der Waals surface area contributed by atoms with Crippen LogP contribution in [0.2, 0.25) is 5.02 Å². The minimum atomic E-state index is -0.871. The van der Waals surface area contributed by atoms with Gasteiger partial charge in [-0.3, -0.25) is 9.59 Å². The summed E-state index contributed by atoms with van der Waals surface area (Å²) in [5.41, 5.74) is 1.07. The monoisotopic (exact) mass is 345 g/mol. The summed E-state index contributed by atoms with van der Waals surface area (Å²) in [6.07, 6.45) is 0. The van der Waals surface area contributed by atoms with Crippen molar-refractivity contribution in [1.82, 2.24) is 5.06 Å². The first-order valence-electron chi connectivity index (χ1n) is 7.05. The van der Waals surface area contributed by atoms with Gasteiger partial charge in [0.2, 0.25) is 0 Å². The van der Waals surface area contributed by atoms with E-state index in [1.807, 2.05) is 0 Å². The maximum absolute atomic E-state index is 12.1. The second-order valence-electron chi connectivity index (χ2n) is 5.07. The number of benzene rings is 2. The van der Waals surface area contributed by atoms with Crippen LogP contribution in [0, 0.1) is 6.92 Å². The summed E-state index contributed by atoms with van der Waals surface area (Å²) < 4.78 is 5.33. The summed E-state index contributed by atoms with van der Waals surface area (Å²) in [5.74, 6) is -1.81. The van der Waals surface area contributed by atoms with Crippen LogP contribution in [0.3, 0.4) is 0 Å². The number of imide groups is 1. The van der Waals surface area contributed by atoms with E-state index in [1.54, 1.807) is 37.3 Å². The van der Waals surface area contributed by atoms with E-state index in [2.05, 4.69) is 0 Å². The lowest BCUT2D eigenvalue weighted by Gasteiger charge is -2.14. The van der Waals surface area contributed by atoms with Crippen molar-refractivity contribution in [3.63, 3.8) is 0 Å². The van der Waals surface area contributed by atoms with E-state index in [9.17, 15) is 14.4 Å². The average molecular weight is 346 g/mol. The first kappa shape index (κ1) is 16.0. The fourth-order valence-corrected chi connectivity index (χ4v) is 2.42. The molecular formula is C17H12ClNO5. The van der Waals surface area contributed by atoms with Crippen LogP contribution in [0.25, 0.3) is 0 Å². The largest absolute Gasteiger partial charge is 0.481 e. The van der Waals surface area contributed by atoms with Crippen molar-refractivity contribution in [2.24, 2.45) is 0 Å². The summed E-state index contributed by atoms with van der Waals surface area (Å²) >= 11 is 5.96. The Hall–Kier alpha value is -2.86. The van der Waals surface area contributed by atoms with Gasteiger partial charge in [0.05, 0.1) is 11.1 Å². The average Bonchev–Trinajstić information content (AvgIpc) is 2.82. The Bertz CT molecular complexity index is 814. The van der Waals surface area contributed by atoms with Gasteiger partial charge in [-0.1, -0.05) is 34.9 Å². The van der Waals surface area contributed by atoms with E-state index < -0.39 is 24.4 Å². The number of nitrogens with zero attached hydrogens (tertiary/aromatic N) is 1. The second-order valence-corrected chi connectivity index (χ2v) is 5.47. The Morgan fingerprint density at radius 1 is 1.04 bits per heavy atom. The van der Waals surface area contributed by atoms with E-state index in [-0.39, 0.29) is 11.1 Å². The Morgan fingerprint density at radius 3 is 2.29 bits per heavy atom. The van der Waals surface area contributed by atoms with Crippen LogP contribution in [-0.4, -0.2) is 29.5 Å². The second kappa shape index (κ2) is 6.33. The molecule has 1 aliphatic rings. The first-order valence-corrected chi connectivity index (χ1v) is 7.43. The van der Waals surface area contributed by atoms with Crippen molar-refractivity contribution >= 4 is 29.4 Å². The number of halogens is 1. The quantitative estimate of drug-likeness (QED) is 0.797. The van der Waals surface area contributed by atoms with Gasteiger partial charge in [0.25, 0.3) is 11.8 Å². The van der Waals surface area contributed by atoms with Gasteiger partial charge in [-0.15, -0.1) is 0 Å². The number of amides is 2. The zero-order chi connectivity index (χ0) is 17.3. The molecule has 2 aromatic carbocycles. The summed E-state index contributed by atoms with van der Waals surface area (Å²) in [7, 11) is 0. The van der Waals surface area contributed by atoms with Gasteiger partial charge >= 0.3 is 5.97 Å². The molecule has 7 heteroatoms. The molecule has 0 spiro atoms. The fourth-order valence-electron chi connectivity index (χ4n) is 2.26. The number of ether oxygens (including phenoxy) is 1. The van der Waals surface area contributed by atoms with Gasteiger partial charge in [-0.2, -0.15) is 0 Å². The molecule has 0 N–H and O–H groups in total. The fraction of sp³-hybridized carbons (Fsp3) is 0.118. The van der Waals surface area contributed by atoms with Crippen molar-refractivity contribution in [2.75, 3.05) is 6.61 Å². The van der Waals surface area contributed by atoms with Crippen LogP contribution >= 0.6 is 11.6 Å². The molecule has 6 nitrogen and oxygen atoms in total. The summed E-state index contributed by atoms with van der Waals surface area (Å²) in [6, 6.07) is 11.3. The standard InChI is InChI=1S/C17H12ClNO5/c1-10-13(18)7-4-8-14(10)23-9-15(20)24-19-16(21)11-5-2-3-6-12(11)17(19)22/h2-8H,9H2,1H3. The summed E-state index contributed by atoms with van der Waals surface area (Å²) in [4.78, 5) is 40.9. The number of hydroxylamine groups is 2. The zero-order valence-corrected chi connectivity index (χ0v) is 13.4. The molecule has 1 aliphatic heterocycles. The minimum absolute atomic E-state index is 0.196. The highest BCUT2D eigenvalue weighted by Gasteiger charge is 2.38. The molecule has 0 aromatic heterocycles. The number of hydrogen-bond acceptors (Lipinski definition) is 5. The molecule has 2 amide bonds. The normalized spacial score (nSPS) is 13.0. The van der Waals surface area contributed by atoms with E-state index in [0.29, 0.717) is 21.4 Å². The molecule has 0 atom stereocenters. The Balaban J connectivity index is 1.65. The SMILES string of the molecule is Cc1c(Cl)cccc1OCC(=O)ON1C(=O)c2ccccc2C1=O. The number of fused-ring (bicyclic) bond motifs is 1. The molecular weight excluding hydrogens is 334 g/mol. The van der Waals surface area contributed by atoms with Crippen molar-refractivity contribution in [2.45, 2.75) is 6.92 Å². The van der Waals surface area contributed by atoms with Gasteiger partial charge < -0.3 is 9.57 Å². The molecule has 0 saturated carbocycles. The summed E-state index contributed by atoms with van der Waals surface area (Å²) in [6.45, 7) is 1.28. The topological polar surface area (TPSA) is 72.9 Å². The molecule has 0 bridgehead atoms. The highest BCUT2D eigenvalue weighted by Crippen LogP contribution is 2.25. The zero-order valence-electron chi connectivity index (χ0n) is 12.6. The van der Waals surface area contributed by atoms with Gasteiger partial charge in [0.15, 0.2) is 6.61 Å². The van der Waals surface area contributed by atoms with Crippen molar-refractivity contribution in [3.05, 3.63) is 64.2 Å². The van der Waals surface area contributed by atoms with Gasteiger partial charge in [0, 0.05) is 10.6 Å². The van der Waals surface area contributed by atoms with Crippen LogP contribution in [-0.2, 0) is 9.63 Å². The van der Waals surface area contributed by atoms with E-state index in [0.717, 1.165) is 0 Å². The smallest absolute Gasteiger partial charge is 0.370 e. The molecule has 2 aromatic rings. The van der Waals surface area contributed by atoms with E-state index >= 15 is 0 Å². The molecule has 122 valence electrons. The molecule has 0 unspecified atom stereocenters. The van der Waals surface area contributed by atoms with Crippen molar-refractivity contribution in [3.8, 4) is 5.75 Å². The number of carbonyl (C=O) groups excluding carboxylic acids is 3. The maximum Gasteiger partial charge on any atom is 0.370 e. The van der Waals surface area contributed by atoms with Crippen LogP contribution in [0.15, 0.2) is 42.5 Å². The third-order valence-electron chi connectivity index (χ3n) is 3.51. The molecule has 24 heavy (non-hydrogen) atoms. The molecule has 0 aliphatic carbocycles. The van der Waals surface area contributed by atoms with E-state index in [4.69, 9.17) is 21.2 Å². The van der Waals surface area contributed by atoms with Crippen LogP contribution in [0.4, 0.5) is 0 Å². The van der Waals surface area contributed by atoms with Crippen molar-refractivity contribution < 1.29 is 24.0 Å². The van der Waals surface area contributed by atoms with E-state index in [1.165, 1.54) is 12.1 Å². The number of carbonyl (C=O) groups is 3. The predicted octanol–water partition coefficient (Wildman–Crippen LogP) is 2.78. The Kier molecular flexibility index (Phi) is 4.22. The third kappa shape index (κ3) is 2.83. The number of rotatable bonds is 4. The van der Waals surface area contributed by atoms with Crippen LogP contribution in [0.5, 0.6) is 5.75 Å².